The Balaban J connectivity index is 3.91. The molecule has 0 spiro atoms. The maximum absolute atomic E-state index is 8.55. The van der Waals surface area contributed by atoms with Gasteiger partial charge in [-0.25, -0.2) is 0 Å². The number of hydrogen-bond acceptors (Lipinski definition) is 3. The summed E-state index contributed by atoms with van der Waals surface area (Å²) < 4.78 is 0. The highest BCUT2D eigenvalue weighted by Gasteiger charge is 2.14. The molecule has 2 atom stereocenters. The minimum absolute atomic E-state index is 0.162. The number of aliphatic hydroxyl groups excluding tert-OH is 2. The number of rotatable bonds is 4. The molecule has 0 aromatic carbocycles. The first-order valence-corrected chi connectivity index (χ1v) is 3.57. The highest BCUT2D eigenvalue weighted by molar-refractivity contribution is 9.09. The highest BCUT2D eigenvalue weighted by Crippen LogP contribution is 2.07. The molecule has 0 radical (unpaired) electrons. The van der Waals surface area contributed by atoms with Crippen molar-refractivity contribution in [3.63, 3.8) is 0 Å². The molecule has 0 aromatic rings. The van der Waals surface area contributed by atoms with Crippen LogP contribution in [-0.4, -0.2) is 34.3 Å². The van der Waals surface area contributed by atoms with Crippen molar-refractivity contribution in [2.75, 3.05) is 13.2 Å². The summed E-state index contributed by atoms with van der Waals surface area (Å²) in [7, 11) is 0. The Morgan fingerprint density at radius 3 is 2.40 bits per heavy atom. The van der Waals surface area contributed by atoms with Gasteiger partial charge in [-0.3, -0.25) is 0 Å². The predicted molar refractivity (Wildman–Crippen MR) is 39.8 cm³/mol. The van der Waals surface area contributed by atoms with Crippen molar-refractivity contribution in [3.05, 3.63) is 10.4 Å². The first-order chi connectivity index (χ1) is 4.76. The smallest absolute Gasteiger partial charge is 0.0752 e. The molecule has 0 saturated heterocycles. The van der Waals surface area contributed by atoms with Crippen LogP contribution in [-0.2, 0) is 0 Å². The van der Waals surface area contributed by atoms with Gasteiger partial charge < -0.3 is 10.2 Å². The molecule has 0 saturated carbocycles. The van der Waals surface area contributed by atoms with Crippen molar-refractivity contribution in [3.8, 4) is 0 Å². The molecule has 0 aromatic heterocycles. The van der Waals surface area contributed by atoms with Gasteiger partial charge in [0.15, 0.2) is 0 Å². The second-order valence-corrected chi connectivity index (χ2v) is 2.83. The molecular formula is C4H8BrN3O2. The Bertz CT molecular complexity index is 136. The van der Waals surface area contributed by atoms with E-state index in [0.717, 1.165) is 0 Å². The first-order valence-electron chi connectivity index (χ1n) is 2.66. The third kappa shape index (κ3) is 3.03. The van der Waals surface area contributed by atoms with Crippen LogP contribution < -0.4 is 0 Å². The molecule has 0 fully saturated rings. The molecule has 0 heterocycles. The van der Waals surface area contributed by atoms with Crippen LogP contribution >= 0.6 is 15.9 Å². The Kier molecular flexibility index (Phi) is 5.33. The number of alkyl halides is 1. The minimum atomic E-state index is -0.588. The van der Waals surface area contributed by atoms with Gasteiger partial charge in [-0.2, -0.15) is 0 Å². The molecule has 2 N–H and O–H groups in total. The summed E-state index contributed by atoms with van der Waals surface area (Å²) in [6, 6.07) is -0.588. The normalized spacial score (nSPS) is 15.5. The lowest BCUT2D eigenvalue weighted by Gasteiger charge is -2.10. The SMILES string of the molecule is [N-]=[N+]=N[C@@H](CO)[C@@H](Br)CO. The van der Waals surface area contributed by atoms with E-state index in [4.69, 9.17) is 15.7 Å². The monoisotopic (exact) mass is 209 g/mol. The van der Waals surface area contributed by atoms with E-state index >= 15 is 0 Å². The summed E-state index contributed by atoms with van der Waals surface area (Å²) in [6.07, 6.45) is 0. The zero-order valence-electron chi connectivity index (χ0n) is 5.18. The molecule has 0 aliphatic heterocycles. The Morgan fingerprint density at radius 1 is 1.50 bits per heavy atom. The van der Waals surface area contributed by atoms with E-state index in [1.54, 1.807) is 0 Å². The van der Waals surface area contributed by atoms with Crippen LogP contribution in [0.5, 0.6) is 0 Å². The summed E-state index contributed by atoms with van der Waals surface area (Å²) in [5.41, 5.74) is 7.96. The molecule has 0 amide bonds. The Morgan fingerprint density at radius 2 is 2.10 bits per heavy atom. The summed E-state index contributed by atoms with van der Waals surface area (Å²) in [5.74, 6) is 0. The lowest BCUT2D eigenvalue weighted by Crippen LogP contribution is -2.25. The average Bonchev–Trinajstić information content (AvgIpc) is 1.99. The number of hydrogen-bond donors (Lipinski definition) is 2. The van der Waals surface area contributed by atoms with Crippen molar-refractivity contribution in [2.24, 2.45) is 5.11 Å². The number of halogens is 1. The van der Waals surface area contributed by atoms with E-state index in [-0.39, 0.29) is 18.0 Å². The molecular weight excluding hydrogens is 202 g/mol. The summed E-state index contributed by atoms with van der Waals surface area (Å²) in [4.78, 5) is 2.13. The molecule has 0 aliphatic rings. The molecule has 6 heteroatoms. The van der Waals surface area contributed by atoms with Crippen LogP contribution in [0.25, 0.3) is 10.4 Å². The van der Waals surface area contributed by atoms with Gasteiger partial charge in [-0.15, -0.1) is 0 Å². The molecule has 10 heavy (non-hydrogen) atoms. The van der Waals surface area contributed by atoms with Crippen molar-refractivity contribution < 1.29 is 10.2 Å². The maximum Gasteiger partial charge on any atom is 0.0752 e. The van der Waals surface area contributed by atoms with Crippen molar-refractivity contribution in [2.45, 2.75) is 10.9 Å². The third-order valence-corrected chi connectivity index (χ3v) is 1.88. The van der Waals surface area contributed by atoms with Gasteiger partial charge in [-0.1, -0.05) is 21.0 Å². The average molecular weight is 210 g/mol. The summed E-state index contributed by atoms with van der Waals surface area (Å²) >= 11 is 3.03. The van der Waals surface area contributed by atoms with E-state index in [1.165, 1.54) is 0 Å². The fourth-order valence-electron chi connectivity index (χ4n) is 0.411. The molecule has 0 rings (SSSR count). The van der Waals surface area contributed by atoms with Crippen molar-refractivity contribution in [1.29, 1.82) is 0 Å². The molecule has 58 valence electrons. The van der Waals surface area contributed by atoms with E-state index in [1.807, 2.05) is 0 Å². The van der Waals surface area contributed by atoms with Crippen LogP contribution in [0.1, 0.15) is 0 Å². The molecule has 0 bridgehead atoms. The fourth-order valence-corrected chi connectivity index (χ4v) is 0.684. The molecule has 0 unspecified atom stereocenters. The quantitative estimate of drug-likeness (QED) is 0.304. The van der Waals surface area contributed by atoms with E-state index in [9.17, 15) is 0 Å². The number of azide groups is 1. The van der Waals surface area contributed by atoms with Crippen LogP contribution in [0.4, 0.5) is 0 Å². The van der Waals surface area contributed by atoms with Gasteiger partial charge in [-0.05, 0) is 5.53 Å². The maximum atomic E-state index is 8.55. The van der Waals surface area contributed by atoms with Crippen LogP contribution in [0.15, 0.2) is 5.11 Å². The number of nitrogens with zero attached hydrogens (tertiary/aromatic N) is 3. The minimum Gasteiger partial charge on any atom is -0.396 e. The molecule has 0 aliphatic carbocycles. The second-order valence-electron chi connectivity index (χ2n) is 1.65. The lowest BCUT2D eigenvalue weighted by atomic mass is 10.2. The van der Waals surface area contributed by atoms with Gasteiger partial charge in [0.25, 0.3) is 0 Å². The van der Waals surface area contributed by atoms with E-state index in [2.05, 4.69) is 26.0 Å². The van der Waals surface area contributed by atoms with Gasteiger partial charge in [0.2, 0.25) is 0 Å². The van der Waals surface area contributed by atoms with Crippen molar-refractivity contribution in [1.82, 2.24) is 0 Å². The largest absolute Gasteiger partial charge is 0.396 e. The topological polar surface area (TPSA) is 89.2 Å². The highest BCUT2D eigenvalue weighted by atomic mass is 79.9. The summed E-state index contributed by atoms with van der Waals surface area (Å²) in [5, 5.41) is 20.3. The molecule has 5 nitrogen and oxygen atoms in total. The van der Waals surface area contributed by atoms with E-state index in [0.29, 0.717) is 0 Å². The number of aliphatic hydroxyl groups is 2. The Hall–Kier alpha value is -0.290. The van der Waals surface area contributed by atoms with Gasteiger partial charge in [0.1, 0.15) is 0 Å². The summed E-state index contributed by atoms with van der Waals surface area (Å²) in [6.45, 7) is -0.426. The van der Waals surface area contributed by atoms with Crippen molar-refractivity contribution >= 4 is 15.9 Å². The fraction of sp³-hybridized carbons (Fsp3) is 1.00. The lowest BCUT2D eigenvalue weighted by molar-refractivity contribution is 0.228. The van der Waals surface area contributed by atoms with Crippen LogP contribution in [0.2, 0.25) is 0 Å². The standard InChI is InChI=1S/C4H8BrN3O2/c5-3(1-9)4(2-10)7-8-6/h3-4,9-10H,1-2H2/t3-,4-/m0/s1. The van der Waals surface area contributed by atoms with Gasteiger partial charge in [0, 0.05) is 9.74 Å². The second kappa shape index (κ2) is 5.49. The van der Waals surface area contributed by atoms with Gasteiger partial charge in [0.05, 0.1) is 19.3 Å². The third-order valence-electron chi connectivity index (χ3n) is 0.979. The zero-order valence-corrected chi connectivity index (χ0v) is 6.77. The Labute approximate surface area is 66.4 Å². The zero-order chi connectivity index (χ0) is 7.98. The predicted octanol–water partition coefficient (Wildman–Crippen LogP) is 0.413. The van der Waals surface area contributed by atoms with E-state index < -0.39 is 6.04 Å². The van der Waals surface area contributed by atoms with Gasteiger partial charge >= 0.3 is 0 Å². The van der Waals surface area contributed by atoms with Crippen LogP contribution in [0.3, 0.4) is 0 Å². The first kappa shape index (κ1) is 9.71. The van der Waals surface area contributed by atoms with Crippen LogP contribution in [0, 0.1) is 0 Å².